The molecule has 0 N–H and O–H groups in total. The predicted molar refractivity (Wildman–Crippen MR) is 9.19 cm³/mol. The molecule has 5 nitrogen and oxygen atoms in total. The van der Waals surface area contributed by atoms with Crippen LogP contribution in [0.25, 0.3) is 0 Å². The van der Waals surface area contributed by atoms with Crippen LogP contribution in [0, 0.1) is 35.6 Å². The van der Waals surface area contributed by atoms with Gasteiger partial charge in [-0.25, -0.2) is 0 Å². The average Bonchev–Trinajstić information content (AvgIpc) is 0. The van der Waals surface area contributed by atoms with E-state index in [-0.39, 0.29) is 143 Å². The molecule has 0 aliphatic carbocycles. The van der Waals surface area contributed by atoms with Crippen molar-refractivity contribution >= 4 is 45.5 Å². The van der Waals surface area contributed by atoms with Gasteiger partial charge in [0.25, 0.3) is 0 Å². The minimum absolute atomic E-state index is 0. The molecule has 0 heterocycles. The van der Waals surface area contributed by atoms with Gasteiger partial charge in [0.15, 0.2) is 0 Å². The summed E-state index contributed by atoms with van der Waals surface area (Å²) in [5, 5.41) is 0. The van der Waals surface area contributed by atoms with Crippen LogP contribution in [-0.2, 0) is 61.8 Å². The van der Waals surface area contributed by atoms with Crippen LogP contribution in [0.4, 0.5) is 0 Å². The Morgan fingerprint density at radius 2 is 0.556 bits per heavy atom. The molecule has 0 aliphatic heterocycles. The van der Waals surface area contributed by atoms with Gasteiger partial charge in [-0.15, -0.1) is 0 Å². The fraction of sp³-hybridized carbons (Fsp3) is 0. The summed E-state index contributed by atoms with van der Waals surface area (Å²) in [4.78, 5) is 0. The SMILES string of the molecule is [Cr+3].[La+3].[Mn+2].[O-2].[O-2].[O-2].[O-2].[O-2].[Sr+2]. The van der Waals surface area contributed by atoms with Crippen molar-refractivity contribution in [2.24, 2.45) is 0 Å². The van der Waals surface area contributed by atoms with Crippen LogP contribution in [0.3, 0.4) is 0 Å². The summed E-state index contributed by atoms with van der Waals surface area (Å²) in [7, 11) is 0. The van der Waals surface area contributed by atoms with Gasteiger partial charge >= 0.3 is 116 Å². The Balaban J connectivity index is 0. The second-order valence-electron chi connectivity index (χ2n) is 0. The molecular weight excluding hydrogens is 413 g/mol. The number of hydrogen-bond acceptors (Lipinski definition) is 0. The van der Waals surface area contributed by atoms with E-state index in [1.807, 2.05) is 0 Å². The molecule has 9 heavy (non-hydrogen) atoms. The largest absolute Gasteiger partial charge is 3.00 e. The molecule has 2 radical (unpaired) electrons. The van der Waals surface area contributed by atoms with E-state index < -0.39 is 0 Å². The van der Waals surface area contributed by atoms with E-state index in [9.17, 15) is 0 Å². The molecule has 0 aromatic heterocycles. The molecule has 0 atom stereocenters. The van der Waals surface area contributed by atoms with Crippen LogP contribution in [0.15, 0.2) is 0 Å². The molecule has 0 aromatic rings. The van der Waals surface area contributed by atoms with Crippen molar-refractivity contribution in [3.8, 4) is 0 Å². The van der Waals surface area contributed by atoms with E-state index in [2.05, 4.69) is 0 Å². The third-order valence-corrected chi connectivity index (χ3v) is 0. The molecule has 0 bridgehead atoms. The summed E-state index contributed by atoms with van der Waals surface area (Å²) < 4.78 is 0. The molecular formula is CrLaMnO5Sr. The smallest absolute Gasteiger partial charge is 2.00 e. The fourth-order valence-electron chi connectivity index (χ4n) is 0. The molecule has 48 valence electrons. The summed E-state index contributed by atoms with van der Waals surface area (Å²) in [5.41, 5.74) is 0. The van der Waals surface area contributed by atoms with Gasteiger partial charge in [-0.2, -0.15) is 0 Å². The van der Waals surface area contributed by atoms with E-state index in [4.69, 9.17) is 0 Å². The Bertz CT molecular complexity index is 16.9. The Morgan fingerprint density at radius 3 is 0.556 bits per heavy atom. The number of rotatable bonds is 0. The van der Waals surface area contributed by atoms with Crippen molar-refractivity contribution in [2.75, 3.05) is 0 Å². The van der Waals surface area contributed by atoms with Gasteiger partial charge in [0.05, 0.1) is 0 Å². The van der Waals surface area contributed by atoms with Crippen LogP contribution in [-0.4, -0.2) is 45.5 Å². The fourth-order valence-corrected chi connectivity index (χ4v) is 0. The minimum atomic E-state index is 0. The maximum absolute atomic E-state index is 0. The van der Waals surface area contributed by atoms with Gasteiger partial charge in [0.1, 0.15) is 0 Å². The predicted octanol–water partition coefficient (Wildman–Crippen LogP) is -0.980. The Hall–Kier alpha value is 3.53. The minimum Gasteiger partial charge on any atom is -2.00 e. The standard InChI is InChI=1S/Cr.La.Mn.5O.Sr/q2*+3;+2;5*-2;+2. The van der Waals surface area contributed by atoms with Crippen LogP contribution in [0.2, 0.25) is 0 Å². The third-order valence-electron chi connectivity index (χ3n) is 0. The van der Waals surface area contributed by atoms with Gasteiger partial charge in [0, 0.05) is 0 Å². The topological polar surface area (TPSA) is 142 Å². The quantitative estimate of drug-likeness (QED) is 0.450. The molecule has 0 aromatic carbocycles. The number of hydrogen-bond donors (Lipinski definition) is 0. The maximum atomic E-state index is 0. The zero-order valence-corrected chi connectivity index (χ0v) is 13.7. The molecule has 0 fully saturated rings. The van der Waals surface area contributed by atoms with Crippen LogP contribution in [0.1, 0.15) is 0 Å². The summed E-state index contributed by atoms with van der Waals surface area (Å²) in [6, 6.07) is 0. The Morgan fingerprint density at radius 1 is 0.556 bits per heavy atom. The third kappa shape index (κ3) is 84.1. The second-order valence-corrected chi connectivity index (χ2v) is 0. The monoisotopic (exact) mass is 414 g/mol. The first kappa shape index (κ1) is 134. The molecule has 9 heteroatoms. The van der Waals surface area contributed by atoms with Gasteiger partial charge in [0.2, 0.25) is 0 Å². The van der Waals surface area contributed by atoms with Crippen molar-refractivity contribution in [3.63, 3.8) is 0 Å². The van der Waals surface area contributed by atoms with Gasteiger partial charge < -0.3 is 27.4 Å². The van der Waals surface area contributed by atoms with E-state index in [0.29, 0.717) is 0 Å². The van der Waals surface area contributed by atoms with Crippen molar-refractivity contribution < 1.29 is 97.4 Å². The molecule has 0 aliphatic rings. The van der Waals surface area contributed by atoms with Crippen LogP contribution < -0.4 is 0 Å². The van der Waals surface area contributed by atoms with Gasteiger partial charge in [-0.3, -0.25) is 0 Å². The van der Waals surface area contributed by atoms with E-state index in [1.54, 1.807) is 0 Å². The molecule has 0 rings (SSSR count). The summed E-state index contributed by atoms with van der Waals surface area (Å²) in [6.45, 7) is 0. The van der Waals surface area contributed by atoms with E-state index in [1.165, 1.54) is 0 Å². The second kappa shape index (κ2) is 103. The summed E-state index contributed by atoms with van der Waals surface area (Å²) >= 11 is 0. The van der Waals surface area contributed by atoms with Gasteiger partial charge in [-0.05, 0) is 0 Å². The molecule has 0 saturated heterocycles. The first-order chi connectivity index (χ1) is 0. The molecule has 0 saturated carbocycles. The van der Waals surface area contributed by atoms with Crippen molar-refractivity contribution in [1.82, 2.24) is 0 Å². The van der Waals surface area contributed by atoms with Crippen LogP contribution >= 0.6 is 0 Å². The Kier molecular flexibility index (Phi) is 1530. The summed E-state index contributed by atoms with van der Waals surface area (Å²) in [6.07, 6.45) is 0. The van der Waals surface area contributed by atoms with Crippen LogP contribution in [0.5, 0.6) is 0 Å². The molecule has 0 amide bonds. The average molecular weight is 413 g/mol. The zero-order valence-electron chi connectivity index (χ0n) is 4.11. The van der Waals surface area contributed by atoms with E-state index in [0.717, 1.165) is 0 Å². The van der Waals surface area contributed by atoms with Crippen molar-refractivity contribution in [2.45, 2.75) is 0 Å². The first-order valence-electron chi connectivity index (χ1n) is 0. The van der Waals surface area contributed by atoms with Gasteiger partial charge in [-0.1, -0.05) is 0 Å². The summed E-state index contributed by atoms with van der Waals surface area (Å²) in [5.74, 6) is 0. The van der Waals surface area contributed by atoms with Crippen molar-refractivity contribution in [3.05, 3.63) is 0 Å². The molecule has 0 unspecified atom stereocenters. The normalized spacial score (nSPS) is 0. The molecule has 0 spiro atoms. The Labute approximate surface area is 140 Å². The van der Waals surface area contributed by atoms with E-state index >= 15 is 0 Å². The van der Waals surface area contributed by atoms with Crippen molar-refractivity contribution in [1.29, 1.82) is 0 Å². The first-order valence-corrected chi connectivity index (χ1v) is 0. The maximum Gasteiger partial charge on any atom is 3.00 e. The zero-order chi connectivity index (χ0) is 0.